The Labute approximate surface area is 114 Å². The average Bonchev–Trinajstić information content (AvgIpc) is 2.91. The van der Waals surface area contributed by atoms with Gasteiger partial charge in [0.15, 0.2) is 0 Å². The van der Waals surface area contributed by atoms with Crippen LogP contribution in [0.25, 0.3) is 0 Å². The number of hydrogen-bond acceptors (Lipinski definition) is 1. The zero-order chi connectivity index (χ0) is 13.7. The Balaban J connectivity index is 1.88. The molecule has 1 aliphatic carbocycles. The number of carbonyl (C=O) groups is 1. The SMILES string of the molecule is CCN(C(=O)CCc1cccc(F)c1)C1CCCC1. The first kappa shape index (κ1) is 14.0. The van der Waals surface area contributed by atoms with Crippen LogP contribution in [0.4, 0.5) is 4.39 Å². The molecule has 0 unspecified atom stereocenters. The van der Waals surface area contributed by atoms with E-state index in [-0.39, 0.29) is 11.7 Å². The minimum absolute atomic E-state index is 0.207. The summed E-state index contributed by atoms with van der Waals surface area (Å²) in [5.74, 6) is -0.0215. The van der Waals surface area contributed by atoms with Gasteiger partial charge in [0, 0.05) is 19.0 Å². The fraction of sp³-hybridized carbons (Fsp3) is 0.562. The number of benzene rings is 1. The largest absolute Gasteiger partial charge is 0.340 e. The van der Waals surface area contributed by atoms with Crippen molar-refractivity contribution in [2.75, 3.05) is 6.54 Å². The van der Waals surface area contributed by atoms with Crippen molar-refractivity contribution in [1.29, 1.82) is 0 Å². The van der Waals surface area contributed by atoms with E-state index in [0.717, 1.165) is 24.9 Å². The molecule has 1 aromatic carbocycles. The molecule has 0 aromatic heterocycles. The van der Waals surface area contributed by atoms with E-state index in [1.54, 1.807) is 6.07 Å². The summed E-state index contributed by atoms with van der Waals surface area (Å²) in [6, 6.07) is 6.96. The highest BCUT2D eigenvalue weighted by atomic mass is 19.1. The number of amides is 1. The second kappa shape index (κ2) is 6.69. The molecule has 0 heterocycles. The van der Waals surface area contributed by atoms with Crippen LogP contribution in [0.1, 0.15) is 44.6 Å². The summed E-state index contributed by atoms with van der Waals surface area (Å²) in [6.07, 6.45) is 5.85. The van der Waals surface area contributed by atoms with Crippen molar-refractivity contribution < 1.29 is 9.18 Å². The third kappa shape index (κ3) is 3.79. The summed E-state index contributed by atoms with van der Waals surface area (Å²) < 4.78 is 13.1. The summed E-state index contributed by atoms with van der Waals surface area (Å²) in [7, 11) is 0. The van der Waals surface area contributed by atoms with Crippen molar-refractivity contribution in [3.8, 4) is 0 Å². The molecule has 0 spiro atoms. The highest BCUT2D eigenvalue weighted by Gasteiger charge is 2.24. The fourth-order valence-electron chi connectivity index (χ4n) is 2.94. The number of hydrogen-bond donors (Lipinski definition) is 0. The number of aryl methyl sites for hydroxylation is 1. The van der Waals surface area contributed by atoms with Crippen LogP contribution in [0.15, 0.2) is 24.3 Å². The topological polar surface area (TPSA) is 20.3 Å². The minimum atomic E-state index is -0.229. The van der Waals surface area contributed by atoms with Crippen LogP contribution >= 0.6 is 0 Å². The van der Waals surface area contributed by atoms with Crippen LogP contribution in [0.3, 0.4) is 0 Å². The zero-order valence-electron chi connectivity index (χ0n) is 11.6. The molecule has 19 heavy (non-hydrogen) atoms. The van der Waals surface area contributed by atoms with Crippen LogP contribution in [0, 0.1) is 5.82 Å². The maximum Gasteiger partial charge on any atom is 0.223 e. The molecule has 104 valence electrons. The number of halogens is 1. The van der Waals surface area contributed by atoms with Crippen molar-refractivity contribution in [3.05, 3.63) is 35.6 Å². The van der Waals surface area contributed by atoms with Gasteiger partial charge >= 0.3 is 0 Å². The summed E-state index contributed by atoms with van der Waals surface area (Å²) in [6.45, 7) is 2.82. The number of nitrogens with zero attached hydrogens (tertiary/aromatic N) is 1. The van der Waals surface area contributed by atoms with Gasteiger partial charge in [0.2, 0.25) is 5.91 Å². The molecule has 1 aliphatic rings. The molecule has 2 nitrogen and oxygen atoms in total. The molecule has 0 saturated heterocycles. The van der Waals surface area contributed by atoms with E-state index in [2.05, 4.69) is 0 Å². The standard InChI is InChI=1S/C16H22FNO/c1-2-18(15-8-3-4-9-15)16(19)11-10-13-6-5-7-14(17)12-13/h5-7,12,15H,2-4,8-11H2,1H3. The van der Waals surface area contributed by atoms with Crippen LogP contribution in [-0.4, -0.2) is 23.4 Å². The Morgan fingerprint density at radius 2 is 2.11 bits per heavy atom. The summed E-state index contributed by atoms with van der Waals surface area (Å²) in [5, 5.41) is 0. The number of carbonyl (C=O) groups excluding carboxylic acids is 1. The molecule has 2 rings (SSSR count). The van der Waals surface area contributed by atoms with E-state index in [0.29, 0.717) is 18.9 Å². The first-order valence-electron chi connectivity index (χ1n) is 7.24. The van der Waals surface area contributed by atoms with Crippen LogP contribution in [0.2, 0.25) is 0 Å². The molecule has 1 saturated carbocycles. The molecular weight excluding hydrogens is 241 g/mol. The van der Waals surface area contributed by atoms with Crippen LogP contribution in [0.5, 0.6) is 0 Å². The van der Waals surface area contributed by atoms with Gasteiger partial charge in [0.05, 0.1) is 0 Å². The third-order valence-corrected chi connectivity index (χ3v) is 3.94. The van der Waals surface area contributed by atoms with Gasteiger partial charge in [-0.15, -0.1) is 0 Å². The molecule has 1 aromatic rings. The fourth-order valence-corrected chi connectivity index (χ4v) is 2.94. The van der Waals surface area contributed by atoms with Crippen molar-refractivity contribution in [1.82, 2.24) is 4.90 Å². The monoisotopic (exact) mass is 263 g/mol. The second-order valence-electron chi connectivity index (χ2n) is 5.25. The Kier molecular flexibility index (Phi) is 4.94. The van der Waals surface area contributed by atoms with E-state index in [1.165, 1.54) is 25.0 Å². The first-order chi connectivity index (χ1) is 9.20. The Bertz CT molecular complexity index is 427. The smallest absolute Gasteiger partial charge is 0.223 e. The van der Waals surface area contributed by atoms with Gasteiger partial charge in [-0.25, -0.2) is 4.39 Å². The van der Waals surface area contributed by atoms with Crippen molar-refractivity contribution >= 4 is 5.91 Å². The minimum Gasteiger partial charge on any atom is -0.340 e. The van der Waals surface area contributed by atoms with Crippen molar-refractivity contribution in [2.45, 2.75) is 51.5 Å². The normalized spacial score (nSPS) is 15.7. The molecule has 1 fully saturated rings. The van der Waals surface area contributed by atoms with Crippen LogP contribution in [-0.2, 0) is 11.2 Å². The van der Waals surface area contributed by atoms with Gasteiger partial charge in [0.1, 0.15) is 5.82 Å². The lowest BCUT2D eigenvalue weighted by atomic mass is 10.1. The first-order valence-corrected chi connectivity index (χ1v) is 7.24. The lowest BCUT2D eigenvalue weighted by Crippen LogP contribution is -2.38. The third-order valence-electron chi connectivity index (χ3n) is 3.94. The zero-order valence-corrected chi connectivity index (χ0v) is 11.6. The molecule has 0 N–H and O–H groups in total. The highest BCUT2D eigenvalue weighted by Crippen LogP contribution is 2.24. The van der Waals surface area contributed by atoms with E-state index < -0.39 is 0 Å². The van der Waals surface area contributed by atoms with Gasteiger partial charge in [-0.3, -0.25) is 4.79 Å². The quantitative estimate of drug-likeness (QED) is 0.795. The Hall–Kier alpha value is -1.38. The lowest BCUT2D eigenvalue weighted by molar-refractivity contribution is -0.133. The molecule has 1 amide bonds. The second-order valence-corrected chi connectivity index (χ2v) is 5.25. The molecule has 3 heteroatoms. The molecule has 0 aliphatic heterocycles. The molecule has 0 bridgehead atoms. The highest BCUT2D eigenvalue weighted by molar-refractivity contribution is 5.76. The van der Waals surface area contributed by atoms with Crippen molar-refractivity contribution in [3.63, 3.8) is 0 Å². The van der Waals surface area contributed by atoms with Gasteiger partial charge in [-0.1, -0.05) is 25.0 Å². The van der Waals surface area contributed by atoms with E-state index in [1.807, 2.05) is 17.9 Å². The summed E-state index contributed by atoms with van der Waals surface area (Å²) in [4.78, 5) is 14.3. The summed E-state index contributed by atoms with van der Waals surface area (Å²) in [5.41, 5.74) is 0.899. The summed E-state index contributed by atoms with van der Waals surface area (Å²) >= 11 is 0. The maximum atomic E-state index is 13.1. The van der Waals surface area contributed by atoms with Gasteiger partial charge in [-0.2, -0.15) is 0 Å². The predicted molar refractivity (Wildman–Crippen MR) is 74.4 cm³/mol. The van der Waals surface area contributed by atoms with Crippen molar-refractivity contribution in [2.24, 2.45) is 0 Å². The predicted octanol–water partition coefficient (Wildman–Crippen LogP) is 3.55. The molecular formula is C16H22FNO. The van der Waals surface area contributed by atoms with E-state index in [9.17, 15) is 9.18 Å². The van der Waals surface area contributed by atoms with Gasteiger partial charge < -0.3 is 4.90 Å². The van der Waals surface area contributed by atoms with Crippen LogP contribution < -0.4 is 0 Å². The Morgan fingerprint density at radius 3 is 2.74 bits per heavy atom. The average molecular weight is 263 g/mol. The molecule has 0 radical (unpaired) electrons. The maximum absolute atomic E-state index is 13.1. The molecule has 0 atom stereocenters. The van der Waals surface area contributed by atoms with E-state index in [4.69, 9.17) is 0 Å². The van der Waals surface area contributed by atoms with E-state index >= 15 is 0 Å². The van der Waals surface area contributed by atoms with Gasteiger partial charge in [0.25, 0.3) is 0 Å². The lowest BCUT2D eigenvalue weighted by Gasteiger charge is -2.27. The number of rotatable bonds is 5. The Morgan fingerprint density at radius 1 is 1.37 bits per heavy atom. The van der Waals surface area contributed by atoms with Gasteiger partial charge in [-0.05, 0) is 43.9 Å².